The number of carbonyl (C=O) groups is 1. The fourth-order valence-corrected chi connectivity index (χ4v) is 7.00. The third kappa shape index (κ3) is 5.33. The first kappa shape index (κ1) is 24.4. The van der Waals surface area contributed by atoms with Crippen LogP contribution >= 0.6 is 11.8 Å². The Morgan fingerprint density at radius 1 is 1.18 bits per heavy atom. The predicted octanol–water partition coefficient (Wildman–Crippen LogP) is 4.37. The van der Waals surface area contributed by atoms with Gasteiger partial charge in [-0.05, 0) is 82.9 Å². The molecule has 0 radical (unpaired) electrons. The van der Waals surface area contributed by atoms with Gasteiger partial charge in [0.1, 0.15) is 0 Å². The molecule has 0 aliphatic carbocycles. The number of piperidine rings is 1. The number of para-hydroxylation sites is 1. The maximum atomic E-state index is 12.7. The quantitative estimate of drug-likeness (QED) is 0.547. The molecule has 6 heteroatoms. The van der Waals surface area contributed by atoms with Crippen molar-refractivity contribution in [3.8, 4) is 0 Å². The third-order valence-electron chi connectivity index (χ3n) is 7.88. The van der Waals surface area contributed by atoms with E-state index in [9.17, 15) is 4.79 Å². The molecule has 4 rings (SSSR count). The first-order valence-electron chi connectivity index (χ1n) is 12.4. The fourth-order valence-electron chi connectivity index (χ4n) is 5.67. The van der Waals surface area contributed by atoms with Crippen molar-refractivity contribution < 1.29 is 4.79 Å². The summed E-state index contributed by atoms with van der Waals surface area (Å²) in [4.78, 5) is 19.8. The number of aryl methyl sites for hydroxylation is 2. The SMILES string of the molecule is CN(CCCN1CCC(C2CC=CS2)(N(C)C)CC1)C(=O)CCc1cn(C)c2ccccc12. The number of carbonyl (C=O) groups excluding carboxylic acids is 1. The van der Waals surface area contributed by atoms with E-state index in [0.717, 1.165) is 39.0 Å². The average molecular weight is 469 g/mol. The number of benzene rings is 1. The number of thioether (sulfide) groups is 1. The summed E-state index contributed by atoms with van der Waals surface area (Å²) in [7, 11) is 8.55. The normalized spacial score (nSPS) is 20.7. The van der Waals surface area contributed by atoms with E-state index in [0.29, 0.717) is 17.2 Å². The maximum Gasteiger partial charge on any atom is 0.222 e. The van der Waals surface area contributed by atoms with Gasteiger partial charge in [-0.3, -0.25) is 4.79 Å². The zero-order valence-electron chi connectivity index (χ0n) is 20.8. The van der Waals surface area contributed by atoms with Crippen LogP contribution < -0.4 is 0 Å². The summed E-state index contributed by atoms with van der Waals surface area (Å²) in [5.41, 5.74) is 2.82. The van der Waals surface area contributed by atoms with Crippen LogP contribution in [0.1, 0.15) is 37.7 Å². The van der Waals surface area contributed by atoms with E-state index < -0.39 is 0 Å². The summed E-state index contributed by atoms with van der Waals surface area (Å²) in [5, 5.41) is 4.25. The zero-order valence-corrected chi connectivity index (χ0v) is 21.6. The van der Waals surface area contributed by atoms with Crippen molar-refractivity contribution in [2.24, 2.45) is 7.05 Å². The number of hydrogen-bond acceptors (Lipinski definition) is 4. The van der Waals surface area contributed by atoms with Gasteiger partial charge in [-0.25, -0.2) is 0 Å². The molecule has 2 aromatic rings. The van der Waals surface area contributed by atoms with Crippen molar-refractivity contribution in [3.63, 3.8) is 0 Å². The molecule has 1 saturated heterocycles. The molecule has 1 aromatic carbocycles. The van der Waals surface area contributed by atoms with Crippen LogP contribution in [0.3, 0.4) is 0 Å². The zero-order chi connectivity index (χ0) is 23.4. The Hall–Kier alpha value is -1.76. The molecule has 0 bridgehead atoms. The topological polar surface area (TPSA) is 31.7 Å². The van der Waals surface area contributed by atoms with Gasteiger partial charge in [-0.1, -0.05) is 24.3 Å². The summed E-state index contributed by atoms with van der Waals surface area (Å²) in [6.07, 6.45) is 10.6. The van der Waals surface area contributed by atoms with Crippen molar-refractivity contribution in [3.05, 3.63) is 47.5 Å². The van der Waals surface area contributed by atoms with Crippen molar-refractivity contribution in [2.45, 2.75) is 49.3 Å². The highest BCUT2D eigenvalue weighted by Crippen LogP contribution is 2.42. The van der Waals surface area contributed by atoms with Gasteiger partial charge in [0.25, 0.3) is 0 Å². The van der Waals surface area contributed by atoms with Crippen LogP contribution in [0, 0.1) is 0 Å². The molecule has 1 unspecified atom stereocenters. The molecule has 180 valence electrons. The molecule has 1 atom stereocenters. The summed E-state index contributed by atoms with van der Waals surface area (Å²) >= 11 is 2.02. The molecule has 33 heavy (non-hydrogen) atoms. The van der Waals surface area contributed by atoms with Crippen LogP contribution in [-0.4, -0.2) is 83.3 Å². The number of fused-ring (bicyclic) bond motifs is 1. The van der Waals surface area contributed by atoms with Crippen LogP contribution in [-0.2, 0) is 18.3 Å². The highest BCUT2D eigenvalue weighted by atomic mass is 32.2. The number of amides is 1. The number of nitrogens with zero attached hydrogens (tertiary/aromatic N) is 4. The van der Waals surface area contributed by atoms with Gasteiger partial charge in [-0.15, -0.1) is 11.8 Å². The van der Waals surface area contributed by atoms with Gasteiger partial charge in [-0.2, -0.15) is 0 Å². The van der Waals surface area contributed by atoms with Crippen molar-refractivity contribution >= 4 is 28.6 Å². The largest absolute Gasteiger partial charge is 0.350 e. The Morgan fingerprint density at radius 3 is 2.64 bits per heavy atom. The lowest BCUT2D eigenvalue weighted by Gasteiger charge is -2.49. The standard InChI is InChI=1S/C27H40N4OS/c1-28(2)27(25-11-7-20-33-25)14-18-31(19-15-27)17-8-16-29(3)26(32)13-12-22-21-30(4)24-10-6-5-9-23(22)24/h5-7,9-10,20-21,25H,8,11-19H2,1-4H3. The first-order valence-corrected chi connectivity index (χ1v) is 13.3. The van der Waals surface area contributed by atoms with E-state index in [4.69, 9.17) is 0 Å². The number of rotatable bonds is 9. The minimum Gasteiger partial charge on any atom is -0.350 e. The Labute approximate surface area is 203 Å². The van der Waals surface area contributed by atoms with E-state index in [1.807, 2.05) is 23.7 Å². The van der Waals surface area contributed by atoms with Crippen LogP contribution in [0.2, 0.25) is 0 Å². The highest BCUT2D eigenvalue weighted by Gasteiger charge is 2.43. The second-order valence-electron chi connectivity index (χ2n) is 10.0. The Morgan fingerprint density at radius 2 is 1.94 bits per heavy atom. The molecule has 0 saturated carbocycles. The van der Waals surface area contributed by atoms with E-state index >= 15 is 0 Å². The van der Waals surface area contributed by atoms with E-state index in [-0.39, 0.29) is 5.91 Å². The fraction of sp³-hybridized carbons (Fsp3) is 0.593. The summed E-state index contributed by atoms with van der Waals surface area (Å²) in [6, 6.07) is 8.44. The Kier molecular flexibility index (Phi) is 7.87. The molecule has 1 fully saturated rings. The minimum atomic E-state index is 0.249. The van der Waals surface area contributed by atoms with Crippen LogP contribution in [0.25, 0.3) is 10.9 Å². The number of hydrogen-bond donors (Lipinski definition) is 0. The lowest BCUT2D eigenvalue weighted by molar-refractivity contribution is -0.129. The lowest BCUT2D eigenvalue weighted by atomic mass is 9.81. The molecule has 2 aliphatic rings. The Balaban J connectivity index is 1.19. The average Bonchev–Trinajstić information content (AvgIpc) is 3.47. The van der Waals surface area contributed by atoms with Crippen molar-refractivity contribution in [1.29, 1.82) is 0 Å². The molecule has 0 spiro atoms. The van der Waals surface area contributed by atoms with Crippen LogP contribution in [0.15, 0.2) is 41.9 Å². The van der Waals surface area contributed by atoms with E-state index in [1.165, 1.54) is 35.7 Å². The predicted molar refractivity (Wildman–Crippen MR) is 141 cm³/mol. The van der Waals surface area contributed by atoms with Gasteiger partial charge in [0.15, 0.2) is 0 Å². The number of aromatic nitrogens is 1. The van der Waals surface area contributed by atoms with Gasteiger partial charge in [0.05, 0.1) is 0 Å². The van der Waals surface area contributed by atoms with Crippen molar-refractivity contribution in [1.82, 2.24) is 19.3 Å². The smallest absolute Gasteiger partial charge is 0.222 e. The highest BCUT2D eigenvalue weighted by molar-refractivity contribution is 8.03. The molecular formula is C27H40N4OS. The maximum absolute atomic E-state index is 12.7. The van der Waals surface area contributed by atoms with E-state index in [1.54, 1.807) is 0 Å². The molecule has 2 aliphatic heterocycles. The lowest BCUT2D eigenvalue weighted by Crippen LogP contribution is -2.58. The second kappa shape index (κ2) is 10.7. The Bertz CT molecular complexity index is 966. The number of allylic oxidation sites excluding steroid dienone is 1. The molecular weight excluding hydrogens is 428 g/mol. The molecule has 5 nitrogen and oxygen atoms in total. The van der Waals surface area contributed by atoms with Gasteiger partial charge < -0.3 is 19.3 Å². The van der Waals surface area contributed by atoms with Gasteiger partial charge >= 0.3 is 0 Å². The van der Waals surface area contributed by atoms with E-state index in [2.05, 4.69) is 77.5 Å². The number of likely N-dealkylation sites (tertiary alicyclic amines) is 1. The van der Waals surface area contributed by atoms with Gasteiger partial charge in [0, 0.05) is 54.9 Å². The second-order valence-corrected chi connectivity index (χ2v) is 11.1. The summed E-state index contributed by atoms with van der Waals surface area (Å²) in [6.45, 7) is 4.24. The first-order chi connectivity index (χ1) is 15.9. The molecule has 1 aromatic heterocycles. The molecule has 3 heterocycles. The monoisotopic (exact) mass is 468 g/mol. The van der Waals surface area contributed by atoms with Gasteiger partial charge in [0.2, 0.25) is 5.91 Å². The molecule has 1 amide bonds. The summed E-state index contributed by atoms with van der Waals surface area (Å²) < 4.78 is 2.16. The molecule has 0 N–H and O–H groups in total. The summed E-state index contributed by atoms with van der Waals surface area (Å²) in [5.74, 6) is 0.249. The van der Waals surface area contributed by atoms with Crippen LogP contribution in [0.5, 0.6) is 0 Å². The third-order valence-corrected chi connectivity index (χ3v) is 9.19. The minimum absolute atomic E-state index is 0.249. The van der Waals surface area contributed by atoms with Crippen LogP contribution in [0.4, 0.5) is 0 Å². The van der Waals surface area contributed by atoms with Crippen molar-refractivity contribution in [2.75, 3.05) is 47.3 Å².